The van der Waals surface area contributed by atoms with Crippen molar-refractivity contribution >= 4 is 38.8 Å². The number of nitrogens with two attached hydrogens (primary N) is 1. The number of aromatic nitrogens is 1. The van der Waals surface area contributed by atoms with Gasteiger partial charge in [0.2, 0.25) is 0 Å². The van der Waals surface area contributed by atoms with Gasteiger partial charge in [0.25, 0.3) is 0 Å². The van der Waals surface area contributed by atoms with Crippen LogP contribution >= 0.6 is 28.1 Å². The minimum Gasteiger partial charge on any atom is -0.388 e. The third kappa shape index (κ3) is 3.75. The first-order chi connectivity index (χ1) is 9.06. The zero-order valence-corrected chi connectivity index (χ0v) is 12.8. The van der Waals surface area contributed by atoms with Crippen LogP contribution in [-0.4, -0.2) is 9.97 Å². The smallest absolute Gasteiger partial charge is 0.122 e. The van der Waals surface area contributed by atoms with Crippen LogP contribution in [0.2, 0.25) is 0 Å². The fourth-order valence-electron chi connectivity index (χ4n) is 1.74. The minimum atomic E-state index is 0.190. The van der Waals surface area contributed by atoms with Crippen LogP contribution in [0.1, 0.15) is 24.2 Å². The number of halogens is 1. The van der Waals surface area contributed by atoms with E-state index in [0.717, 1.165) is 10.2 Å². The van der Waals surface area contributed by atoms with Crippen LogP contribution in [0.5, 0.6) is 0 Å². The van der Waals surface area contributed by atoms with E-state index in [2.05, 4.69) is 45.3 Å². The van der Waals surface area contributed by atoms with Crippen LogP contribution in [-0.2, 0) is 0 Å². The molecule has 0 aliphatic carbocycles. The van der Waals surface area contributed by atoms with Gasteiger partial charge in [0.15, 0.2) is 0 Å². The Kier molecular flexibility index (Phi) is 4.50. The molecule has 0 saturated carbocycles. The molecule has 2 aromatic rings. The Morgan fingerprint density at radius 3 is 2.63 bits per heavy atom. The fourth-order valence-corrected chi connectivity index (χ4v) is 2.12. The van der Waals surface area contributed by atoms with Gasteiger partial charge >= 0.3 is 0 Å². The summed E-state index contributed by atoms with van der Waals surface area (Å²) in [4.78, 5) is 4.42. The van der Waals surface area contributed by atoms with Gasteiger partial charge < -0.3 is 11.1 Å². The monoisotopic (exact) mass is 335 g/mol. The highest BCUT2D eigenvalue weighted by Crippen LogP contribution is 2.21. The summed E-state index contributed by atoms with van der Waals surface area (Å²) in [5.74, 6) is 0. The summed E-state index contributed by atoms with van der Waals surface area (Å²) in [6, 6.07) is 12.2. The lowest BCUT2D eigenvalue weighted by Gasteiger charge is -2.16. The van der Waals surface area contributed by atoms with E-state index in [0.29, 0.717) is 10.7 Å². The maximum absolute atomic E-state index is 5.58. The lowest BCUT2D eigenvalue weighted by molar-refractivity contribution is 0.883. The number of hydrogen-bond acceptors (Lipinski definition) is 3. The molecule has 0 radical (unpaired) electrons. The number of thiocarbonyl (C=S) groups is 1. The van der Waals surface area contributed by atoms with E-state index in [-0.39, 0.29) is 6.04 Å². The van der Waals surface area contributed by atoms with Crippen molar-refractivity contribution in [2.45, 2.75) is 13.0 Å². The molecule has 0 spiro atoms. The number of pyridine rings is 1. The minimum absolute atomic E-state index is 0.190. The highest BCUT2D eigenvalue weighted by atomic mass is 79.9. The van der Waals surface area contributed by atoms with E-state index in [4.69, 9.17) is 18.0 Å². The average Bonchev–Trinajstić information content (AvgIpc) is 2.39. The van der Waals surface area contributed by atoms with E-state index in [1.807, 2.05) is 24.3 Å². The quantitative estimate of drug-likeness (QED) is 0.837. The molecule has 1 atom stereocenters. The Labute approximate surface area is 126 Å². The molecular formula is C14H14BrN3S. The summed E-state index contributed by atoms with van der Waals surface area (Å²) in [5, 5.41) is 3.40. The summed E-state index contributed by atoms with van der Waals surface area (Å²) in [6.45, 7) is 2.10. The highest BCUT2D eigenvalue weighted by molar-refractivity contribution is 9.10. The van der Waals surface area contributed by atoms with Gasteiger partial charge in [-0.1, -0.05) is 40.3 Å². The molecular weight excluding hydrogens is 322 g/mol. The molecule has 0 fully saturated rings. The first kappa shape index (κ1) is 14.0. The van der Waals surface area contributed by atoms with Crippen molar-refractivity contribution in [3.05, 3.63) is 58.3 Å². The summed E-state index contributed by atoms with van der Waals surface area (Å²) in [6.07, 6.45) is 1.70. The Hall–Kier alpha value is -1.46. The summed E-state index contributed by atoms with van der Waals surface area (Å²) >= 11 is 8.36. The summed E-state index contributed by atoms with van der Waals surface area (Å²) < 4.78 is 1.07. The molecule has 3 nitrogen and oxygen atoms in total. The molecule has 1 aromatic carbocycles. The third-order valence-corrected chi connectivity index (χ3v) is 3.50. The van der Waals surface area contributed by atoms with Gasteiger partial charge in [0.05, 0.1) is 5.69 Å². The summed E-state index contributed by atoms with van der Waals surface area (Å²) in [7, 11) is 0. The zero-order valence-electron chi connectivity index (χ0n) is 10.4. The molecule has 19 heavy (non-hydrogen) atoms. The lowest BCUT2D eigenvalue weighted by Crippen LogP contribution is -2.13. The van der Waals surface area contributed by atoms with Crippen molar-refractivity contribution in [3.63, 3.8) is 0 Å². The maximum atomic E-state index is 5.58. The molecule has 0 aliphatic heterocycles. The second-order valence-corrected chi connectivity index (χ2v) is 5.57. The standard InChI is InChI=1S/C14H14BrN3S/c1-9(10-2-4-11(15)5-3-10)18-12-6-7-17-13(8-12)14(16)19/h2-9H,1H3,(H2,16,19)(H,17,18). The van der Waals surface area contributed by atoms with Crippen molar-refractivity contribution in [2.24, 2.45) is 5.73 Å². The van der Waals surface area contributed by atoms with Gasteiger partial charge in [-0.3, -0.25) is 4.98 Å². The van der Waals surface area contributed by atoms with E-state index in [1.165, 1.54) is 5.56 Å². The largest absolute Gasteiger partial charge is 0.388 e. The number of nitrogens with one attached hydrogen (secondary N) is 1. The Bertz CT molecular complexity index is 583. The Morgan fingerprint density at radius 2 is 2.00 bits per heavy atom. The van der Waals surface area contributed by atoms with Crippen LogP contribution in [0.3, 0.4) is 0 Å². The zero-order chi connectivity index (χ0) is 13.8. The molecule has 1 heterocycles. The van der Waals surface area contributed by atoms with Gasteiger partial charge in [0.1, 0.15) is 4.99 Å². The predicted molar refractivity (Wildman–Crippen MR) is 86.3 cm³/mol. The van der Waals surface area contributed by atoms with E-state index >= 15 is 0 Å². The van der Waals surface area contributed by atoms with E-state index in [9.17, 15) is 0 Å². The number of nitrogens with zero attached hydrogens (tertiary/aromatic N) is 1. The number of hydrogen-bond donors (Lipinski definition) is 2. The van der Waals surface area contributed by atoms with Gasteiger partial charge in [-0.25, -0.2) is 0 Å². The molecule has 0 saturated heterocycles. The number of rotatable bonds is 4. The molecule has 0 aliphatic rings. The average molecular weight is 336 g/mol. The number of benzene rings is 1. The number of anilines is 1. The van der Waals surface area contributed by atoms with Gasteiger partial charge in [-0.2, -0.15) is 0 Å². The van der Waals surface area contributed by atoms with Crippen molar-refractivity contribution in [1.82, 2.24) is 4.98 Å². The fraction of sp³-hybridized carbons (Fsp3) is 0.143. The van der Waals surface area contributed by atoms with Crippen molar-refractivity contribution in [2.75, 3.05) is 5.32 Å². The normalized spacial score (nSPS) is 11.9. The Balaban J connectivity index is 2.14. The molecule has 2 rings (SSSR count). The molecule has 1 aromatic heterocycles. The van der Waals surface area contributed by atoms with Gasteiger partial charge in [0, 0.05) is 22.4 Å². The first-order valence-electron chi connectivity index (χ1n) is 5.84. The lowest BCUT2D eigenvalue weighted by atomic mass is 10.1. The second-order valence-electron chi connectivity index (χ2n) is 4.21. The SMILES string of the molecule is CC(Nc1ccnc(C(N)=S)c1)c1ccc(Br)cc1. The van der Waals surface area contributed by atoms with Crippen molar-refractivity contribution < 1.29 is 0 Å². The molecule has 98 valence electrons. The Morgan fingerprint density at radius 1 is 1.32 bits per heavy atom. The first-order valence-corrected chi connectivity index (χ1v) is 7.04. The van der Waals surface area contributed by atoms with Crippen LogP contribution < -0.4 is 11.1 Å². The van der Waals surface area contributed by atoms with Gasteiger partial charge in [-0.15, -0.1) is 0 Å². The summed E-state index contributed by atoms with van der Waals surface area (Å²) in [5.41, 5.74) is 8.36. The topological polar surface area (TPSA) is 50.9 Å². The van der Waals surface area contributed by atoms with Crippen molar-refractivity contribution in [1.29, 1.82) is 0 Å². The molecule has 5 heteroatoms. The van der Waals surface area contributed by atoms with Crippen LogP contribution in [0.15, 0.2) is 47.1 Å². The van der Waals surface area contributed by atoms with E-state index in [1.54, 1.807) is 6.20 Å². The molecule has 3 N–H and O–H groups in total. The van der Waals surface area contributed by atoms with Crippen LogP contribution in [0.25, 0.3) is 0 Å². The highest BCUT2D eigenvalue weighted by Gasteiger charge is 2.06. The predicted octanol–water partition coefficient (Wildman–Crippen LogP) is 3.65. The third-order valence-electron chi connectivity index (χ3n) is 2.77. The van der Waals surface area contributed by atoms with E-state index < -0.39 is 0 Å². The molecule has 0 bridgehead atoms. The van der Waals surface area contributed by atoms with Gasteiger partial charge in [-0.05, 0) is 36.8 Å². The molecule has 1 unspecified atom stereocenters. The van der Waals surface area contributed by atoms with Crippen LogP contribution in [0, 0.1) is 0 Å². The van der Waals surface area contributed by atoms with Crippen molar-refractivity contribution in [3.8, 4) is 0 Å². The second kappa shape index (κ2) is 6.12. The van der Waals surface area contributed by atoms with Crippen LogP contribution in [0.4, 0.5) is 5.69 Å². The maximum Gasteiger partial charge on any atom is 0.122 e. The molecule has 0 amide bonds.